The van der Waals surface area contributed by atoms with Crippen molar-refractivity contribution < 1.29 is 18.7 Å². The van der Waals surface area contributed by atoms with E-state index < -0.39 is 24.7 Å². The van der Waals surface area contributed by atoms with Crippen molar-refractivity contribution in [2.45, 2.75) is 6.54 Å². The summed E-state index contributed by atoms with van der Waals surface area (Å²) < 4.78 is 24.7. The van der Waals surface area contributed by atoms with Crippen molar-refractivity contribution in [1.29, 1.82) is 0 Å². The van der Waals surface area contributed by atoms with Crippen LogP contribution in [0.15, 0.2) is 51.9 Å². The summed E-state index contributed by atoms with van der Waals surface area (Å²) >= 11 is 0. The van der Waals surface area contributed by atoms with Crippen molar-refractivity contribution in [2.24, 2.45) is 0 Å². The fourth-order valence-electron chi connectivity index (χ4n) is 1.78. The molecule has 0 saturated heterocycles. The minimum atomic E-state index is -4.31. The number of aromatic amines is 1. The van der Waals surface area contributed by atoms with Gasteiger partial charge in [-0.1, -0.05) is 18.2 Å². The minimum Gasteiger partial charge on any atom is -0.321 e. The fraction of sp³-hybridized carbons (Fsp3) is 0.0769. The number of hydrogen-bond acceptors (Lipinski definition) is 3. The molecule has 22 heavy (non-hydrogen) atoms. The topological polar surface area (TPSA) is 112 Å². The third-order valence-electron chi connectivity index (χ3n) is 2.77. The quantitative estimate of drug-likeness (QED) is 0.727. The molecule has 3 N–H and O–H groups in total. The molecule has 0 fully saturated rings. The molecule has 0 atom stereocenters. The highest BCUT2D eigenvalue weighted by molar-refractivity contribution is 7.55. The number of hydrogen-bond donors (Lipinski definition) is 3. The zero-order valence-electron chi connectivity index (χ0n) is 11.1. The maximum Gasteiger partial charge on any atom is 0.348 e. The van der Waals surface area contributed by atoms with Crippen molar-refractivity contribution >= 4 is 7.60 Å². The van der Waals surface area contributed by atoms with E-state index in [1.54, 1.807) is 0 Å². The first-order chi connectivity index (χ1) is 10.3. The normalized spacial score (nSPS) is 12.0. The molecule has 1 aromatic heterocycles. The van der Waals surface area contributed by atoms with Crippen LogP contribution >= 0.6 is 7.60 Å². The summed E-state index contributed by atoms with van der Waals surface area (Å²) in [6, 6.07) is 5.14. The number of nitrogens with one attached hydrogen (secondary N) is 1. The molecule has 0 radical (unpaired) electrons. The van der Waals surface area contributed by atoms with Crippen LogP contribution in [0.5, 0.6) is 0 Å². The van der Waals surface area contributed by atoms with E-state index >= 15 is 0 Å². The highest BCUT2D eigenvalue weighted by Crippen LogP contribution is 2.35. The first kappa shape index (κ1) is 16.1. The van der Waals surface area contributed by atoms with Gasteiger partial charge in [0, 0.05) is 18.6 Å². The molecular weight excluding hydrogens is 314 g/mol. The molecule has 7 nitrogen and oxygen atoms in total. The second-order valence-electron chi connectivity index (χ2n) is 4.44. The minimum absolute atomic E-state index is 0.130. The molecule has 0 aliphatic rings. The molecule has 1 aromatic carbocycles. The Morgan fingerprint density at radius 2 is 1.86 bits per heavy atom. The first-order valence-corrected chi connectivity index (χ1v) is 7.77. The van der Waals surface area contributed by atoms with Gasteiger partial charge >= 0.3 is 13.3 Å². The molecule has 0 aliphatic carbocycles. The lowest BCUT2D eigenvalue weighted by atomic mass is 10.1. The number of allylic oxidation sites excluding steroid dienone is 1. The van der Waals surface area contributed by atoms with Crippen LogP contribution < -0.4 is 11.2 Å². The summed E-state index contributed by atoms with van der Waals surface area (Å²) in [6.45, 7) is -0.130. The zero-order valence-corrected chi connectivity index (χ0v) is 12.0. The van der Waals surface area contributed by atoms with Crippen LogP contribution in [0.3, 0.4) is 0 Å². The smallest absolute Gasteiger partial charge is 0.321 e. The van der Waals surface area contributed by atoms with Gasteiger partial charge in [0.25, 0.3) is 5.56 Å². The van der Waals surface area contributed by atoms with Crippen molar-refractivity contribution in [2.75, 3.05) is 0 Å². The van der Waals surface area contributed by atoms with Crippen LogP contribution in [0, 0.1) is 5.82 Å². The van der Waals surface area contributed by atoms with Crippen LogP contribution in [0.1, 0.15) is 0 Å². The van der Waals surface area contributed by atoms with Gasteiger partial charge in [-0.25, -0.2) is 9.18 Å². The Labute approximate surface area is 123 Å². The Morgan fingerprint density at radius 1 is 1.23 bits per heavy atom. The Balaban J connectivity index is 2.41. The summed E-state index contributed by atoms with van der Waals surface area (Å²) in [7, 11) is -4.31. The number of benzene rings is 1. The van der Waals surface area contributed by atoms with Crippen LogP contribution in [0.4, 0.5) is 4.39 Å². The predicted molar refractivity (Wildman–Crippen MR) is 77.9 cm³/mol. The summed E-state index contributed by atoms with van der Waals surface area (Å²) in [5.41, 5.74) is -0.794. The molecule has 0 saturated carbocycles. The second kappa shape index (κ2) is 6.23. The average Bonchev–Trinajstić information content (AvgIpc) is 2.41. The van der Waals surface area contributed by atoms with Gasteiger partial charge in [-0.3, -0.25) is 18.9 Å². The van der Waals surface area contributed by atoms with Gasteiger partial charge in [0.15, 0.2) is 0 Å². The van der Waals surface area contributed by atoms with Gasteiger partial charge in [0.2, 0.25) is 0 Å². The maximum atomic E-state index is 12.9. The standard InChI is InChI=1S/C13H12FN2O5P/c14-10-4-2-9(3-5-10)11-8-16(13(18)15-12(11)17)6-1-7-22(19,20)21/h1-5,7-8H,6H2,(H,15,17,18)(H2,19,20,21)/b7-1+. The Bertz CT molecular complexity index is 863. The monoisotopic (exact) mass is 326 g/mol. The molecule has 0 amide bonds. The molecule has 1 heterocycles. The van der Waals surface area contributed by atoms with E-state index in [2.05, 4.69) is 4.98 Å². The van der Waals surface area contributed by atoms with E-state index in [1.807, 2.05) is 0 Å². The van der Waals surface area contributed by atoms with Crippen molar-refractivity contribution in [3.05, 3.63) is 69.0 Å². The molecule has 9 heteroatoms. The molecule has 0 aliphatic heterocycles. The van der Waals surface area contributed by atoms with E-state index in [0.29, 0.717) is 11.4 Å². The van der Waals surface area contributed by atoms with Gasteiger partial charge in [-0.05, 0) is 17.7 Å². The first-order valence-electron chi connectivity index (χ1n) is 6.09. The largest absolute Gasteiger partial charge is 0.348 e. The van der Waals surface area contributed by atoms with Crippen molar-refractivity contribution in [3.8, 4) is 11.1 Å². The number of aromatic nitrogens is 2. The third-order valence-corrected chi connectivity index (χ3v) is 3.37. The van der Waals surface area contributed by atoms with Crippen LogP contribution in [0.25, 0.3) is 11.1 Å². The van der Waals surface area contributed by atoms with E-state index in [0.717, 1.165) is 10.6 Å². The molecule has 116 valence electrons. The van der Waals surface area contributed by atoms with Gasteiger partial charge in [0.05, 0.1) is 5.56 Å². The highest BCUT2D eigenvalue weighted by atomic mass is 31.2. The van der Waals surface area contributed by atoms with Crippen LogP contribution in [0.2, 0.25) is 0 Å². The van der Waals surface area contributed by atoms with Crippen LogP contribution in [-0.2, 0) is 11.1 Å². The van der Waals surface area contributed by atoms with Crippen molar-refractivity contribution in [3.63, 3.8) is 0 Å². The zero-order chi connectivity index (χ0) is 16.3. The Hall–Kier alpha value is -2.28. The third kappa shape index (κ3) is 4.11. The number of nitrogens with zero attached hydrogens (tertiary/aromatic N) is 1. The lowest BCUT2D eigenvalue weighted by Gasteiger charge is -2.05. The van der Waals surface area contributed by atoms with Gasteiger partial charge in [0.1, 0.15) is 5.82 Å². The summed E-state index contributed by atoms with van der Waals surface area (Å²) in [6.07, 6.45) is 2.37. The molecule has 2 rings (SSSR count). The molecular formula is C13H12FN2O5P. The number of H-pyrrole nitrogens is 1. The highest BCUT2D eigenvalue weighted by Gasteiger charge is 2.08. The lowest BCUT2D eigenvalue weighted by Crippen LogP contribution is -2.30. The van der Waals surface area contributed by atoms with E-state index in [1.165, 1.54) is 30.5 Å². The fourth-order valence-corrected chi connectivity index (χ4v) is 2.15. The maximum absolute atomic E-state index is 12.9. The SMILES string of the molecule is O=c1[nH]c(=O)n(C/C=C/P(=O)(O)O)cc1-c1ccc(F)cc1. The van der Waals surface area contributed by atoms with Gasteiger partial charge < -0.3 is 9.79 Å². The van der Waals surface area contributed by atoms with Gasteiger partial charge in [-0.15, -0.1) is 0 Å². The van der Waals surface area contributed by atoms with Crippen molar-refractivity contribution in [1.82, 2.24) is 9.55 Å². The van der Waals surface area contributed by atoms with Gasteiger partial charge in [-0.2, -0.15) is 0 Å². The van der Waals surface area contributed by atoms with E-state index in [-0.39, 0.29) is 12.1 Å². The molecule has 0 spiro atoms. The Kier molecular flexibility index (Phi) is 4.56. The second-order valence-corrected chi connectivity index (χ2v) is 5.91. The molecule has 0 unspecified atom stereocenters. The average molecular weight is 326 g/mol. The summed E-state index contributed by atoms with van der Waals surface area (Å²) in [5.74, 6) is 0.209. The number of halogens is 1. The summed E-state index contributed by atoms with van der Waals surface area (Å²) in [5, 5.41) is 0. The predicted octanol–water partition coefficient (Wildman–Crippen LogP) is 1.03. The van der Waals surface area contributed by atoms with Crippen LogP contribution in [-0.4, -0.2) is 19.3 Å². The molecule has 2 aromatic rings. The van der Waals surface area contributed by atoms with E-state index in [4.69, 9.17) is 9.79 Å². The lowest BCUT2D eigenvalue weighted by molar-refractivity contribution is 0.386. The Morgan fingerprint density at radius 3 is 2.45 bits per heavy atom. The molecule has 0 bridgehead atoms. The van der Waals surface area contributed by atoms with E-state index in [9.17, 15) is 18.5 Å². The summed E-state index contributed by atoms with van der Waals surface area (Å²) in [4.78, 5) is 43.0. The number of rotatable bonds is 4.